The Bertz CT molecular complexity index is 795. The normalized spacial score (nSPS) is 17.3. The third-order valence-electron chi connectivity index (χ3n) is 5.51. The van der Waals surface area contributed by atoms with Crippen molar-refractivity contribution in [1.29, 1.82) is 0 Å². The molecule has 1 fully saturated rings. The molecule has 0 N–H and O–H groups in total. The molecule has 28 heavy (non-hydrogen) atoms. The second kappa shape index (κ2) is 9.70. The van der Waals surface area contributed by atoms with Gasteiger partial charge in [0.25, 0.3) is 0 Å². The molecule has 0 radical (unpaired) electrons. The summed E-state index contributed by atoms with van der Waals surface area (Å²) in [6.07, 6.45) is 3.50. The van der Waals surface area contributed by atoms with Gasteiger partial charge >= 0.3 is 0 Å². The van der Waals surface area contributed by atoms with Crippen LogP contribution in [0, 0.1) is 6.92 Å². The van der Waals surface area contributed by atoms with Crippen LogP contribution in [0.4, 0.5) is 0 Å². The van der Waals surface area contributed by atoms with E-state index in [2.05, 4.69) is 52.4 Å². The van der Waals surface area contributed by atoms with Crippen molar-refractivity contribution in [2.45, 2.75) is 19.9 Å². The van der Waals surface area contributed by atoms with Crippen LogP contribution in [0.25, 0.3) is 6.08 Å². The summed E-state index contributed by atoms with van der Waals surface area (Å²) in [7, 11) is 0. The number of hydrogen-bond acceptors (Lipinski definition) is 5. The second-order valence-corrected chi connectivity index (χ2v) is 8.67. The molecule has 0 saturated carbocycles. The number of thiophene rings is 1. The Morgan fingerprint density at radius 1 is 1.11 bits per heavy atom. The van der Waals surface area contributed by atoms with Gasteiger partial charge in [-0.3, -0.25) is 9.80 Å². The Morgan fingerprint density at radius 2 is 1.96 bits per heavy atom. The molecule has 4 nitrogen and oxygen atoms in total. The van der Waals surface area contributed by atoms with Crippen LogP contribution in [-0.2, 0) is 11.3 Å². The minimum Gasteiger partial charge on any atom is -0.489 e. The average molecular weight is 399 g/mol. The summed E-state index contributed by atoms with van der Waals surface area (Å²) in [4.78, 5) is 6.59. The summed E-state index contributed by atoms with van der Waals surface area (Å²) in [6, 6.07) is 10.5. The SMILES string of the molecule is Cc1ccsc1CN(CCCN1CCOCC1)CC1=Cc2ccccc2OC1. The molecule has 3 heterocycles. The molecular formula is C23H30N2O2S. The molecule has 2 aliphatic heterocycles. The number of rotatable bonds is 8. The van der Waals surface area contributed by atoms with E-state index in [0.29, 0.717) is 6.61 Å². The van der Waals surface area contributed by atoms with Crippen LogP contribution < -0.4 is 4.74 Å². The minimum absolute atomic E-state index is 0.695. The standard InChI is InChI=1S/C23H30N2O2S/c1-19-7-14-28-23(19)17-25(9-4-8-24-10-12-26-13-11-24)16-20-15-21-5-2-3-6-22(21)27-18-20/h2-3,5-7,14-15H,4,8-13,16-18H2,1H3. The van der Waals surface area contributed by atoms with Gasteiger partial charge in [-0.2, -0.15) is 0 Å². The summed E-state index contributed by atoms with van der Waals surface area (Å²) < 4.78 is 11.4. The Balaban J connectivity index is 1.39. The Hall–Kier alpha value is -1.66. The molecule has 0 atom stereocenters. The van der Waals surface area contributed by atoms with Gasteiger partial charge in [-0.15, -0.1) is 11.3 Å². The Morgan fingerprint density at radius 3 is 2.79 bits per heavy atom. The number of benzene rings is 1. The highest BCUT2D eigenvalue weighted by atomic mass is 32.1. The summed E-state index contributed by atoms with van der Waals surface area (Å²) in [6.45, 7) is 11.1. The van der Waals surface area contributed by atoms with Gasteiger partial charge in [-0.1, -0.05) is 18.2 Å². The molecule has 4 rings (SSSR count). The van der Waals surface area contributed by atoms with E-state index in [4.69, 9.17) is 9.47 Å². The van der Waals surface area contributed by atoms with Gasteiger partial charge in [-0.25, -0.2) is 0 Å². The average Bonchev–Trinajstić information content (AvgIpc) is 3.13. The first-order chi connectivity index (χ1) is 13.8. The summed E-state index contributed by atoms with van der Waals surface area (Å²) in [5.74, 6) is 0.999. The smallest absolute Gasteiger partial charge is 0.127 e. The molecule has 1 aromatic heterocycles. The van der Waals surface area contributed by atoms with Gasteiger partial charge in [-0.05, 0) is 54.6 Å². The molecule has 0 spiro atoms. The number of para-hydroxylation sites is 1. The van der Waals surface area contributed by atoms with E-state index in [1.165, 1.54) is 28.0 Å². The predicted octanol–water partition coefficient (Wildman–Crippen LogP) is 4.06. The number of nitrogens with zero attached hydrogens (tertiary/aromatic N) is 2. The maximum atomic E-state index is 5.98. The van der Waals surface area contributed by atoms with Crippen molar-refractivity contribution in [3.63, 3.8) is 0 Å². The van der Waals surface area contributed by atoms with Gasteiger partial charge in [0.15, 0.2) is 0 Å². The molecule has 0 bridgehead atoms. The number of fused-ring (bicyclic) bond motifs is 1. The third-order valence-corrected chi connectivity index (χ3v) is 6.51. The quantitative estimate of drug-likeness (QED) is 0.670. The van der Waals surface area contributed by atoms with Gasteiger partial charge in [0, 0.05) is 43.2 Å². The molecule has 5 heteroatoms. The fourth-order valence-electron chi connectivity index (χ4n) is 3.87. The van der Waals surface area contributed by atoms with Crippen molar-refractivity contribution in [2.75, 3.05) is 52.5 Å². The van der Waals surface area contributed by atoms with Crippen molar-refractivity contribution in [3.8, 4) is 5.75 Å². The predicted molar refractivity (Wildman–Crippen MR) is 116 cm³/mol. The van der Waals surface area contributed by atoms with Crippen LogP contribution >= 0.6 is 11.3 Å². The van der Waals surface area contributed by atoms with E-state index in [0.717, 1.165) is 58.2 Å². The number of ether oxygens (including phenoxy) is 2. The van der Waals surface area contributed by atoms with E-state index >= 15 is 0 Å². The third kappa shape index (κ3) is 5.23. The molecule has 0 aliphatic carbocycles. The number of aryl methyl sites for hydroxylation is 1. The van der Waals surface area contributed by atoms with Crippen molar-refractivity contribution < 1.29 is 9.47 Å². The lowest BCUT2D eigenvalue weighted by Gasteiger charge is -2.29. The molecule has 1 saturated heterocycles. The van der Waals surface area contributed by atoms with E-state index in [9.17, 15) is 0 Å². The lowest BCUT2D eigenvalue weighted by Crippen LogP contribution is -2.38. The summed E-state index contributed by atoms with van der Waals surface area (Å²) >= 11 is 1.87. The highest BCUT2D eigenvalue weighted by molar-refractivity contribution is 7.10. The highest BCUT2D eigenvalue weighted by Gasteiger charge is 2.17. The van der Waals surface area contributed by atoms with Crippen molar-refractivity contribution >= 4 is 17.4 Å². The van der Waals surface area contributed by atoms with Gasteiger partial charge in [0.2, 0.25) is 0 Å². The van der Waals surface area contributed by atoms with Gasteiger partial charge in [0.05, 0.1) is 13.2 Å². The Labute approximate surface area is 172 Å². The maximum Gasteiger partial charge on any atom is 0.127 e. The molecule has 150 valence electrons. The second-order valence-electron chi connectivity index (χ2n) is 7.67. The largest absolute Gasteiger partial charge is 0.489 e. The van der Waals surface area contributed by atoms with E-state index < -0.39 is 0 Å². The fourth-order valence-corrected chi connectivity index (χ4v) is 4.82. The molecule has 0 amide bonds. The first-order valence-corrected chi connectivity index (χ1v) is 11.1. The van der Waals surface area contributed by atoms with E-state index in [1.807, 2.05) is 17.4 Å². The monoisotopic (exact) mass is 398 g/mol. The van der Waals surface area contributed by atoms with Crippen LogP contribution in [0.3, 0.4) is 0 Å². The van der Waals surface area contributed by atoms with Crippen LogP contribution in [0.5, 0.6) is 5.75 Å². The lowest BCUT2D eigenvalue weighted by atomic mass is 10.1. The zero-order valence-electron chi connectivity index (χ0n) is 16.7. The van der Waals surface area contributed by atoms with Crippen LogP contribution in [0.15, 0.2) is 41.3 Å². The zero-order chi connectivity index (χ0) is 19.2. The van der Waals surface area contributed by atoms with Crippen LogP contribution in [0.2, 0.25) is 0 Å². The van der Waals surface area contributed by atoms with Gasteiger partial charge < -0.3 is 9.47 Å². The Kier molecular flexibility index (Phi) is 6.81. The molecule has 1 aromatic carbocycles. The fraction of sp³-hybridized carbons (Fsp3) is 0.478. The summed E-state index contributed by atoms with van der Waals surface area (Å²) in [5, 5.41) is 2.20. The first kappa shape index (κ1) is 19.6. The zero-order valence-corrected chi connectivity index (χ0v) is 17.5. The lowest BCUT2D eigenvalue weighted by molar-refractivity contribution is 0.0361. The number of hydrogen-bond donors (Lipinski definition) is 0. The molecule has 0 unspecified atom stereocenters. The molecule has 2 aromatic rings. The van der Waals surface area contributed by atoms with Crippen molar-refractivity contribution in [3.05, 3.63) is 57.3 Å². The maximum absolute atomic E-state index is 5.98. The van der Waals surface area contributed by atoms with Crippen LogP contribution in [0.1, 0.15) is 22.4 Å². The first-order valence-electron chi connectivity index (χ1n) is 10.2. The van der Waals surface area contributed by atoms with Crippen LogP contribution in [-0.4, -0.2) is 62.3 Å². The molecule has 2 aliphatic rings. The molecular weight excluding hydrogens is 368 g/mol. The topological polar surface area (TPSA) is 24.9 Å². The number of morpholine rings is 1. The highest BCUT2D eigenvalue weighted by Crippen LogP contribution is 2.27. The minimum atomic E-state index is 0.695. The van der Waals surface area contributed by atoms with E-state index in [-0.39, 0.29) is 0 Å². The van der Waals surface area contributed by atoms with E-state index in [1.54, 1.807) is 0 Å². The van der Waals surface area contributed by atoms with Crippen molar-refractivity contribution in [2.24, 2.45) is 0 Å². The van der Waals surface area contributed by atoms with Gasteiger partial charge in [0.1, 0.15) is 12.4 Å². The summed E-state index contributed by atoms with van der Waals surface area (Å²) in [5.41, 5.74) is 3.96. The van der Waals surface area contributed by atoms with Crippen molar-refractivity contribution in [1.82, 2.24) is 9.80 Å².